The molecule has 3 heterocycles. The topological polar surface area (TPSA) is 88.7 Å². The van der Waals surface area contributed by atoms with Crippen LogP contribution in [0.5, 0.6) is 5.75 Å². The first-order chi connectivity index (χ1) is 16.9. The number of thiophene rings is 1. The van der Waals surface area contributed by atoms with Crippen molar-refractivity contribution in [3.05, 3.63) is 57.1 Å². The highest BCUT2D eigenvalue weighted by atomic mass is 35.5. The first-order valence-electron chi connectivity index (χ1n) is 11.4. The van der Waals surface area contributed by atoms with E-state index in [0.717, 1.165) is 40.8 Å². The van der Waals surface area contributed by atoms with Gasteiger partial charge in [0.25, 0.3) is 0 Å². The lowest BCUT2D eigenvalue weighted by Crippen LogP contribution is -2.44. The van der Waals surface area contributed by atoms with Crippen LogP contribution in [0.2, 0.25) is 5.02 Å². The number of hydrogen-bond acceptors (Lipinski definition) is 6. The zero-order chi connectivity index (χ0) is 24.9. The third-order valence-corrected chi connectivity index (χ3v) is 7.62. The highest BCUT2D eigenvalue weighted by molar-refractivity contribution is 7.10. The molecule has 0 spiro atoms. The zero-order valence-electron chi connectivity index (χ0n) is 19.3. The Morgan fingerprint density at radius 2 is 2.26 bits per heavy atom. The summed E-state index contributed by atoms with van der Waals surface area (Å²) in [4.78, 5) is 19.1. The normalized spacial score (nSPS) is 19.2. The number of nitrogens with zero attached hydrogens (tertiary/aromatic N) is 2. The Morgan fingerprint density at radius 1 is 1.43 bits per heavy atom. The minimum Gasteiger partial charge on any atom is -0.497 e. The number of hydrogen-bond donors (Lipinski definition) is 2. The first kappa shape index (κ1) is 25.4. The molecule has 1 aliphatic heterocycles. The van der Waals surface area contributed by atoms with Gasteiger partial charge in [0.1, 0.15) is 5.75 Å². The highest BCUT2D eigenvalue weighted by Crippen LogP contribution is 2.35. The summed E-state index contributed by atoms with van der Waals surface area (Å²) in [5, 5.41) is 11.0. The number of methoxy groups -OCH3 is 1. The van der Waals surface area contributed by atoms with Crippen molar-refractivity contribution in [2.45, 2.75) is 25.3 Å². The van der Waals surface area contributed by atoms with E-state index in [4.69, 9.17) is 22.1 Å². The third kappa shape index (κ3) is 6.11. The van der Waals surface area contributed by atoms with E-state index >= 15 is 0 Å². The van der Waals surface area contributed by atoms with Crippen molar-refractivity contribution in [1.29, 1.82) is 0 Å². The standard InChI is InChI=1S/C26H27ClFN3O3S/c1-34-17-5-8-23-19(13-17)25(21(27)14-30-23)22(29)7-4-16-10-12-31(15-20(16)26(32)33)11-2-3-18-6-9-24(28)35-18/h5-6,8-9,13-14,16,20,22H,4,7,10-12,15,29H2,1H3,(H,32,33). The van der Waals surface area contributed by atoms with Crippen molar-refractivity contribution in [2.75, 3.05) is 26.7 Å². The first-order valence-corrected chi connectivity index (χ1v) is 12.6. The second-order valence-electron chi connectivity index (χ2n) is 8.72. The molecule has 4 rings (SSSR count). The van der Waals surface area contributed by atoms with Gasteiger partial charge in [-0.15, -0.1) is 0 Å². The van der Waals surface area contributed by atoms with Crippen LogP contribution in [0, 0.1) is 28.8 Å². The summed E-state index contributed by atoms with van der Waals surface area (Å²) in [6.45, 7) is 1.64. The largest absolute Gasteiger partial charge is 0.497 e. The molecule has 3 atom stereocenters. The Kier molecular flexibility index (Phi) is 8.24. The molecule has 2 aromatic heterocycles. The molecule has 3 unspecified atom stereocenters. The fourth-order valence-corrected chi connectivity index (χ4v) is 5.56. The van der Waals surface area contributed by atoms with E-state index in [1.165, 1.54) is 6.07 Å². The van der Waals surface area contributed by atoms with Crippen LogP contribution in [0.3, 0.4) is 0 Å². The molecule has 184 valence electrons. The van der Waals surface area contributed by atoms with Gasteiger partial charge in [0.2, 0.25) is 0 Å². The molecule has 9 heteroatoms. The van der Waals surface area contributed by atoms with Crippen LogP contribution in [0.25, 0.3) is 10.9 Å². The summed E-state index contributed by atoms with van der Waals surface area (Å²) in [5.41, 5.74) is 8.17. The Labute approximate surface area is 212 Å². The summed E-state index contributed by atoms with van der Waals surface area (Å²) in [7, 11) is 1.60. The number of carbonyl (C=O) groups is 1. The SMILES string of the molecule is COc1ccc2ncc(Cl)c(C(N)CCC3CCN(CC#Cc4ccc(F)s4)CC3C(=O)O)c2c1. The maximum atomic E-state index is 13.1. The van der Waals surface area contributed by atoms with Gasteiger partial charge in [0, 0.05) is 24.2 Å². The van der Waals surface area contributed by atoms with Crippen molar-refractivity contribution in [3.63, 3.8) is 0 Å². The molecule has 3 N–H and O–H groups in total. The lowest BCUT2D eigenvalue weighted by Gasteiger charge is -2.36. The Hall–Kier alpha value is -2.70. The molecule has 0 bridgehead atoms. The van der Waals surface area contributed by atoms with E-state index in [0.29, 0.717) is 41.6 Å². The molecule has 6 nitrogen and oxygen atoms in total. The lowest BCUT2D eigenvalue weighted by molar-refractivity contribution is -0.146. The lowest BCUT2D eigenvalue weighted by atomic mass is 9.81. The number of halogens is 2. The van der Waals surface area contributed by atoms with E-state index in [1.54, 1.807) is 19.4 Å². The smallest absolute Gasteiger partial charge is 0.308 e. The van der Waals surface area contributed by atoms with Crippen LogP contribution < -0.4 is 10.5 Å². The van der Waals surface area contributed by atoms with Crippen LogP contribution in [-0.2, 0) is 4.79 Å². The van der Waals surface area contributed by atoms with Gasteiger partial charge in [0.15, 0.2) is 5.13 Å². The van der Waals surface area contributed by atoms with E-state index in [9.17, 15) is 14.3 Å². The average molecular weight is 516 g/mol. The van der Waals surface area contributed by atoms with Crippen molar-refractivity contribution in [1.82, 2.24) is 9.88 Å². The Balaban J connectivity index is 1.41. The number of carboxylic acid groups (broad SMARTS) is 1. The van der Waals surface area contributed by atoms with Gasteiger partial charge in [0.05, 0.1) is 35.0 Å². The number of fused-ring (bicyclic) bond motifs is 1. The van der Waals surface area contributed by atoms with E-state index in [2.05, 4.69) is 16.8 Å². The molecule has 0 amide bonds. The molecule has 0 saturated carbocycles. The fraction of sp³-hybridized carbons (Fsp3) is 0.385. The maximum Gasteiger partial charge on any atom is 0.308 e. The summed E-state index contributed by atoms with van der Waals surface area (Å²) < 4.78 is 18.5. The molecular formula is C26H27ClFN3O3S. The number of piperidine rings is 1. The molecule has 1 fully saturated rings. The van der Waals surface area contributed by atoms with Crippen molar-refractivity contribution in [2.24, 2.45) is 17.6 Å². The summed E-state index contributed by atoms with van der Waals surface area (Å²) >= 11 is 7.50. The quantitative estimate of drug-likeness (QED) is 0.433. The second-order valence-corrected chi connectivity index (χ2v) is 10.2. The number of carboxylic acids is 1. The molecule has 1 saturated heterocycles. The van der Waals surface area contributed by atoms with Crippen molar-refractivity contribution in [3.8, 4) is 17.6 Å². The number of nitrogens with two attached hydrogens (primary N) is 1. The van der Waals surface area contributed by atoms with Gasteiger partial charge in [-0.05, 0) is 67.6 Å². The number of benzene rings is 1. The Bertz CT molecular complexity index is 1270. The average Bonchev–Trinajstić information content (AvgIpc) is 3.27. The van der Waals surface area contributed by atoms with Crippen LogP contribution in [-0.4, -0.2) is 47.7 Å². The number of rotatable bonds is 7. The molecule has 1 aromatic carbocycles. The summed E-state index contributed by atoms with van der Waals surface area (Å²) in [6.07, 6.45) is 3.64. The molecule has 0 radical (unpaired) electrons. The molecule has 1 aliphatic rings. The highest BCUT2D eigenvalue weighted by Gasteiger charge is 2.34. The van der Waals surface area contributed by atoms with Crippen molar-refractivity contribution >= 4 is 39.8 Å². The molecular weight excluding hydrogens is 489 g/mol. The van der Waals surface area contributed by atoms with Gasteiger partial charge in [-0.2, -0.15) is 4.39 Å². The number of pyridine rings is 1. The van der Waals surface area contributed by atoms with Gasteiger partial charge in [-0.25, -0.2) is 0 Å². The number of likely N-dealkylation sites (tertiary alicyclic amines) is 1. The molecule has 3 aromatic rings. The minimum atomic E-state index is -0.807. The van der Waals surface area contributed by atoms with Gasteiger partial charge < -0.3 is 15.6 Å². The van der Waals surface area contributed by atoms with Gasteiger partial charge >= 0.3 is 5.97 Å². The van der Waals surface area contributed by atoms with Gasteiger partial charge in [-0.1, -0.05) is 34.8 Å². The van der Waals surface area contributed by atoms with Crippen LogP contribution >= 0.6 is 22.9 Å². The van der Waals surface area contributed by atoms with Crippen LogP contribution in [0.1, 0.15) is 35.7 Å². The fourth-order valence-electron chi connectivity index (χ4n) is 4.67. The number of ether oxygens (including phenoxy) is 1. The zero-order valence-corrected chi connectivity index (χ0v) is 20.9. The van der Waals surface area contributed by atoms with Crippen LogP contribution in [0.15, 0.2) is 36.5 Å². The number of aromatic nitrogens is 1. The predicted octanol–water partition coefficient (Wildman–Crippen LogP) is 4.95. The molecule has 0 aliphatic carbocycles. The number of aliphatic carboxylic acids is 1. The van der Waals surface area contributed by atoms with E-state index < -0.39 is 11.9 Å². The minimum absolute atomic E-state index is 0.00978. The monoisotopic (exact) mass is 515 g/mol. The second kappa shape index (κ2) is 11.4. The van der Waals surface area contributed by atoms with E-state index in [-0.39, 0.29) is 17.1 Å². The van der Waals surface area contributed by atoms with Gasteiger partial charge in [-0.3, -0.25) is 14.7 Å². The summed E-state index contributed by atoms with van der Waals surface area (Å²) in [6, 6.07) is 8.28. The Morgan fingerprint density at radius 3 is 2.97 bits per heavy atom. The van der Waals surface area contributed by atoms with Crippen molar-refractivity contribution < 1.29 is 19.0 Å². The summed E-state index contributed by atoms with van der Waals surface area (Å²) in [5.74, 6) is 5.39. The maximum absolute atomic E-state index is 13.1. The van der Waals surface area contributed by atoms with Crippen LogP contribution in [0.4, 0.5) is 4.39 Å². The predicted molar refractivity (Wildman–Crippen MR) is 136 cm³/mol. The third-order valence-electron chi connectivity index (χ3n) is 6.53. The molecule has 35 heavy (non-hydrogen) atoms. The van der Waals surface area contributed by atoms with E-state index in [1.807, 2.05) is 23.1 Å².